The lowest BCUT2D eigenvalue weighted by Crippen LogP contribution is -2.31. The van der Waals surface area contributed by atoms with E-state index in [-0.39, 0.29) is 41.3 Å². The van der Waals surface area contributed by atoms with Crippen LogP contribution in [0.3, 0.4) is 0 Å². The van der Waals surface area contributed by atoms with Crippen molar-refractivity contribution in [2.24, 2.45) is 0 Å². The maximum absolute atomic E-state index is 12.4. The maximum atomic E-state index is 12.4. The van der Waals surface area contributed by atoms with Gasteiger partial charge >= 0.3 is 0 Å². The molecule has 1 aromatic carbocycles. The Bertz CT molecular complexity index is 1970. The summed E-state index contributed by atoms with van der Waals surface area (Å²) in [6.07, 6.45) is 6.06. The Labute approximate surface area is 312 Å². The van der Waals surface area contributed by atoms with Gasteiger partial charge in [-0.05, 0) is 66.8 Å². The van der Waals surface area contributed by atoms with Gasteiger partial charge in [-0.15, -0.1) is 11.6 Å². The highest BCUT2D eigenvalue weighted by Crippen LogP contribution is 2.26. The molecule has 0 spiro atoms. The molecule has 0 fully saturated rings. The Hall–Kier alpha value is -2.65. The molecule has 0 unspecified atom stereocenters. The van der Waals surface area contributed by atoms with Crippen LogP contribution in [0.5, 0.6) is 11.5 Å². The Morgan fingerprint density at radius 1 is 0.745 bits per heavy atom. The van der Waals surface area contributed by atoms with Crippen LogP contribution < -0.4 is 20.6 Å². The number of benzene rings is 1. The second-order valence-electron chi connectivity index (χ2n) is 10.2. The average Bonchev–Trinajstić information content (AvgIpc) is 3.03. The third kappa shape index (κ3) is 10.7. The zero-order chi connectivity index (χ0) is 34.3. The summed E-state index contributed by atoms with van der Waals surface area (Å²) in [5.41, 5.74) is 1.13. The summed E-state index contributed by atoms with van der Waals surface area (Å²) in [5.74, 6) is 0.409. The van der Waals surface area contributed by atoms with Gasteiger partial charge in [0.15, 0.2) is 21.5 Å². The molecule has 0 amide bonds. The van der Waals surface area contributed by atoms with E-state index in [2.05, 4.69) is 42.8 Å². The Kier molecular flexibility index (Phi) is 13.2. The van der Waals surface area contributed by atoms with Crippen LogP contribution in [-0.4, -0.2) is 34.4 Å². The summed E-state index contributed by atoms with van der Waals surface area (Å²) in [7, 11) is 0. The summed E-state index contributed by atoms with van der Waals surface area (Å²) in [6, 6.07) is 11.9. The molecule has 10 nitrogen and oxygen atoms in total. The van der Waals surface area contributed by atoms with Crippen LogP contribution in [0.4, 0.5) is 0 Å². The van der Waals surface area contributed by atoms with E-state index in [0.717, 1.165) is 19.5 Å². The first kappa shape index (κ1) is 37.2. The normalized spacial score (nSPS) is 11.1. The highest BCUT2D eigenvalue weighted by Gasteiger charge is 2.19. The Balaban J connectivity index is 0.000000215. The highest BCUT2D eigenvalue weighted by atomic mass is 127. The van der Waals surface area contributed by atoms with Crippen molar-refractivity contribution in [3.63, 3.8) is 0 Å². The van der Waals surface area contributed by atoms with Crippen LogP contribution in [0.2, 0.25) is 25.2 Å². The number of rotatable bonds is 9. The fourth-order valence-electron chi connectivity index (χ4n) is 3.64. The van der Waals surface area contributed by atoms with Crippen molar-refractivity contribution < 1.29 is 9.47 Å². The van der Waals surface area contributed by atoms with E-state index in [1.165, 1.54) is 23.1 Å². The zero-order valence-corrected chi connectivity index (χ0v) is 31.1. The fraction of sp³-hybridized carbons (Fsp3) is 0.200. The molecule has 0 atom stereocenters. The molecule has 246 valence electrons. The largest absolute Gasteiger partial charge is 0.485 e. The van der Waals surface area contributed by atoms with Gasteiger partial charge in [0.25, 0.3) is 11.1 Å². The standard InChI is InChI=1S/C16H9Cl4N3O2.C14H14Cl2IN3O2/c17-11-3-2-10(5-12(11)18)23-16(24)15(20)13(7-22-23)25-8-9-1-4-14(19)21-6-9;1-14(2,16)8-20-13(21)12(15)10(6-19-20)22-7-9-3-4-11(17)18-5-9/h1-7H,8H2;3-6H,7-8H2,1-2H3. The predicted molar refractivity (Wildman–Crippen MR) is 193 cm³/mol. The number of pyridine rings is 2. The van der Waals surface area contributed by atoms with Crippen LogP contribution in [0.15, 0.2) is 76.8 Å². The minimum absolute atomic E-state index is 0.00520. The van der Waals surface area contributed by atoms with E-state index in [1.807, 2.05) is 12.1 Å². The van der Waals surface area contributed by atoms with Gasteiger partial charge in [-0.1, -0.05) is 70.1 Å². The monoisotopic (exact) mass is 868 g/mol. The number of hydrogen-bond acceptors (Lipinski definition) is 8. The van der Waals surface area contributed by atoms with E-state index in [9.17, 15) is 9.59 Å². The van der Waals surface area contributed by atoms with E-state index in [4.69, 9.17) is 79.1 Å². The van der Waals surface area contributed by atoms with Crippen LogP contribution in [-0.2, 0) is 19.8 Å². The molecule has 0 radical (unpaired) electrons. The molecular weight excluding hydrogens is 848 g/mol. The van der Waals surface area contributed by atoms with Crippen molar-refractivity contribution in [1.82, 2.24) is 29.5 Å². The number of alkyl halides is 1. The van der Waals surface area contributed by atoms with Gasteiger partial charge in [-0.25, -0.2) is 14.6 Å². The molecular formula is C30H23Cl6IN6O4. The first-order valence-corrected chi connectivity index (χ1v) is 16.7. The third-order valence-electron chi connectivity index (χ3n) is 5.88. The summed E-state index contributed by atoms with van der Waals surface area (Å²) < 4.78 is 14.3. The van der Waals surface area contributed by atoms with Crippen molar-refractivity contribution in [1.29, 1.82) is 0 Å². The number of nitrogens with zero attached hydrogens (tertiary/aromatic N) is 6. The van der Waals surface area contributed by atoms with Crippen molar-refractivity contribution >= 4 is 92.2 Å². The first-order chi connectivity index (χ1) is 22.2. The number of ether oxygens (including phenoxy) is 2. The summed E-state index contributed by atoms with van der Waals surface area (Å²) in [5, 5.41) is 9.07. The Morgan fingerprint density at radius 2 is 1.34 bits per heavy atom. The number of hydrogen-bond donors (Lipinski definition) is 0. The zero-order valence-electron chi connectivity index (χ0n) is 24.4. The second kappa shape index (κ2) is 16.6. The molecule has 0 saturated heterocycles. The topological polar surface area (TPSA) is 114 Å². The highest BCUT2D eigenvalue weighted by molar-refractivity contribution is 14.1. The molecule has 5 aromatic rings. The molecule has 0 saturated carbocycles. The summed E-state index contributed by atoms with van der Waals surface area (Å²) >= 11 is 38.0. The van der Waals surface area contributed by atoms with E-state index in [0.29, 0.717) is 20.9 Å². The predicted octanol–water partition coefficient (Wildman–Crippen LogP) is 8.31. The van der Waals surface area contributed by atoms with Gasteiger partial charge in [-0.2, -0.15) is 14.9 Å². The van der Waals surface area contributed by atoms with Gasteiger partial charge in [0.2, 0.25) is 0 Å². The molecule has 0 aliphatic heterocycles. The summed E-state index contributed by atoms with van der Waals surface area (Å²) in [4.78, 5) is 32.1. The van der Waals surface area contributed by atoms with Crippen LogP contribution >= 0.6 is 92.2 Å². The molecule has 4 heterocycles. The lowest BCUT2D eigenvalue weighted by molar-refractivity contribution is 0.301. The SMILES string of the molecule is CC(C)(Cl)Cn1ncc(OCc2ccc(I)nc2)c(Cl)c1=O.O=c1c(Cl)c(OCc2ccc(Cl)nc2)cnn1-c1ccc(Cl)c(Cl)c1. The maximum Gasteiger partial charge on any atom is 0.294 e. The third-order valence-corrected chi connectivity index (χ3v) is 8.30. The van der Waals surface area contributed by atoms with Crippen LogP contribution in [0, 0.1) is 3.70 Å². The number of halogens is 7. The molecule has 0 N–H and O–H groups in total. The van der Waals surface area contributed by atoms with Gasteiger partial charge in [-0.3, -0.25) is 9.59 Å². The fourth-order valence-corrected chi connectivity index (χ4v) is 4.86. The van der Waals surface area contributed by atoms with Crippen molar-refractivity contribution in [3.8, 4) is 17.2 Å². The van der Waals surface area contributed by atoms with Crippen molar-refractivity contribution in [3.05, 3.63) is 128 Å². The van der Waals surface area contributed by atoms with Crippen LogP contribution in [0.25, 0.3) is 5.69 Å². The lowest BCUT2D eigenvalue weighted by Gasteiger charge is -2.17. The Morgan fingerprint density at radius 3 is 1.89 bits per heavy atom. The second-order valence-corrected chi connectivity index (χ2v) is 14.3. The quantitative estimate of drug-likeness (QED) is 0.0826. The molecule has 0 aliphatic rings. The lowest BCUT2D eigenvalue weighted by atomic mass is 10.2. The van der Waals surface area contributed by atoms with Gasteiger partial charge in [0.05, 0.1) is 39.5 Å². The van der Waals surface area contributed by atoms with Crippen LogP contribution in [0.1, 0.15) is 25.0 Å². The molecule has 0 bridgehead atoms. The number of aromatic nitrogens is 6. The van der Waals surface area contributed by atoms with Gasteiger partial charge < -0.3 is 9.47 Å². The van der Waals surface area contributed by atoms with Crippen molar-refractivity contribution in [2.75, 3.05) is 0 Å². The van der Waals surface area contributed by atoms with Crippen molar-refractivity contribution in [2.45, 2.75) is 38.5 Å². The van der Waals surface area contributed by atoms with Gasteiger partial charge in [0, 0.05) is 23.5 Å². The molecule has 17 heteroatoms. The molecule has 0 aliphatic carbocycles. The summed E-state index contributed by atoms with van der Waals surface area (Å²) in [6.45, 7) is 4.28. The average molecular weight is 871 g/mol. The minimum Gasteiger partial charge on any atom is -0.485 e. The molecule has 5 rings (SSSR count). The minimum atomic E-state index is -0.588. The smallest absolute Gasteiger partial charge is 0.294 e. The first-order valence-electron chi connectivity index (χ1n) is 13.4. The molecule has 47 heavy (non-hydrogen) atoms. The van der Waals surface area contributed by atoms with Gasteiger partial charge in [0.1, 0.15) is 22.1 Å². The van der Waals surface area contributed by atoms with E-state index < -0.39 is 16.0 Å². The molecule has 4 aromatic heterocycles. The van der Waals surface area contributed by atoms with E-state index >= 15 is 0 Å². The van der Waals surface area contributed by atoms with E-state index in [1.54, 1.807) is 50.5 Å².